The van der Waals surface area contributed by atoms with Crippen LogP contribution in [0.25, 0.3) is 0 Å². The van der Waals surface area contributed by atoms with E-state index in [1.54, 1.807) is 0 Å². The molecular formula is C19H29NO. The first-order valence-corrected chi connectivity index (χ1v) is 8.66. The van der Waals surface area contributed by atoms with Crippen LogP contribution in [0, 0.1) is 5.92 Å². The molecule has 2 bridgehead atoms. The first kappa shape index (κ1) is 14.9. The Kier molecular flexibility index (Phi) is 4.00. The highest BCUT2D eigenvalue weighted by atomic mass is 16.3. The first-order valence-electron chi connectivity index (χ1n) is 8.66. The van der Waals surface area contributed by atoms with Gasteiger partial charge in [0, 0.05) is 6.04 Å². The number of aromatic hydroxyl groups is 1. The fourth-order valence-corrected chi connectivity index (χ4v) is 4.87. The summed E-state index contributed by atoms with van der Waals surface area (Å²) in [6.45, 7) is 9.52. The summed E-state index contributed by atoms with van der Waals surface area (Å²) in [7, 11) is 0. The minimum atomic E-state index is 0.244. The van der Waals surface area contributed by atoms with Crippen LogP contribution < -0.4 is 0 Å². The van der Waals surface area contributed by atoms with Gasteiger partial charge in [0.25, 0.3) is 0 Å². The fourth-order valence-electron chi connectivity index (χ4n) is 4.87. The molecule has 1 N–H and O–H groups in total. The predicted octanol–water partition coefficient (Wildman–Crippen LogP) is 4.11. The number of phenols is 1. The highest BCUT2D eigenvalue weighted by Crippen LogP contribution is 2.50. The molecule has 0 amide bonds. The van der Waals surface area contributed by atoms with Crippen molar-refractivity contribution in [3.05, 3.63) is 29.3 Å². The zero-order valence-corrected chi connectivity index (χ0v) is 13.7. The number of benzene rings is 1. The second-order valence-corrected chi connectivity index (χ2v) is 7.18. The maximum atomic E-state index is 9.92. The van der Waals surface area contributed by atoms with Crippen molar-refractivity contribution in [3.8, 4) is 5.75 Å². The van der Waals surface area contributed by atoms with E-state index in [1.807, 2.05) is 12.1 Å². The number of rotatable bonds is 4. The number of phenolic OH excluding ortho intramolecular Hbond substituents is 1. The number of likely N-dealkylation sites (tertiary alicyclic amines) is 1. The largest absolute Gasteiger partial charge is 0.508 e. The van der Waals surface area contributed by atoms with Gasteiger partial charge in [-0.2, -0.15) is 0 Å². The summed E-state index contributed by atoms with van der Waals surface area (Å²) in [5.41, 5.74) is 3.13. The lowest BCUT2D eigenvalue weighted by Crippen LogP contribution is -2.58. The minimum absolute atomic E-state index is 0.244. The summed E-state index contributed by atoms with van der Waals surface area (Å²) in [5, 5.41) is 9.92. The van der Waals surface area contributed by atoms with E-state index in [0.717, 1.165) is 12.3 Å². The first-order chi connectivity index (χ1) is 10.1. The average Bonchev–Trinajstić information content (AvgIpc) is 2.47. The third-order valence-electron chi connectivity index (χ3n) is 6.05. The van der Waals surface area contributed by atoms with Gasteiger partial charge in [-0.3, -0.25) is 4.90 Å². The quantitative estimate of drug-likeness (QED) is 0.901. The Morgan fingerprint density at radius 3 is 2.86 bits per heavy atom. The van der Waals surface area contributed by atoms with Crippen LogP contribution in [0.5, 0.6) is 5.75 Å². The smallest absolute Gasteiger partial charge is 0.115 e. The fraction of sp³-hybridized carbons (Fsp3) is 0.684. The van der Waals surface area contributed by atoms with E-state index in [1.165, 1.54) is 49.9 Å². The number of fused-ring (bicyclic) bond motifs is 4. The van der Waals surface area contributed by atoms with E-state index >= 15 is 0 Å². The Morgan fingerprint density at radius 2 is 2.14 bits per heavy atom. The zero-order chi connectivity index (χ0) is 15.0. The van der Waals surface area contributed by atoms with Crippen molar-refractivity contribution in [1.29, 1.82) is 0 Å². The molecule has 1 aromatic rings. The van der Waals surface area contributed by atoms with Crippen molar-refractivity contribution in [2.45, 2.75) is 64.3 Å². The maximum Gasteiger partial charge on any atom is 0.115 e. The summed E-state index contributed by atoms with van der Waals surface area (Å²) in [6, 6.07) is 6.75. The van der Waals surface area contributed by atoms with Crippen LogP contribution in [0.3, 0.4) is 0 Å². The molecule has 2 heteroatoms. The van der Waals surface area contributed by atoms with Crippen LogP contribution in [0.1, 0.15) is 57.6 Å². The van der Waals surface area contributed by atoms with Gasteiger partial charge in [0.1, 0.15) is 5.75 Å². The van der Waals surface area contributed by atoms with Crippen LogP contribution in [-0.4, -0.2) is 29.1 Å². The van der Waals surface area contributed by atoms with Gasteiger partial charge in [-0.25, -0.2) is 0 Å². The van der Waals surface area contributed by atoms with Crippen molar-refractivity contribution in [2.24, 2.45) is 5.92 Å². The monoisotopic (exact) mass is 287 g/mol. The summed E-state index contributed by atoms with van der Waals surface area (Å²) >= 11 is 0. The van der Waals surface area contributed by atoms with Gasteiger partial charge in [0.15, 0.2) is 0 Å². The molecule has 0 saturated carbocycles. The van der Waals surface area contributed by atoms with Crippen molar-refractivity contribution in [3.63, 3.8) is 0 Å². The van der Waals surface area contributed by atoms with Gasteiger partial charge < -0.3 is 5.11 Å². The molecule has 1 heterocycles. The lowest BCUT2D eigenvalue weighted by Gasteiger charge is -2.55. The molecule has 1 saturated heterocycles. The molecule has 0 spiro atoms. The summed E-state index contributed by atoms with van der Waals surface area (Å²) in [4.78, 5) is 2.75. The molecule has 116 valence electrons. The van der Waals surface area contributed by atoms with Gasteiger partial charge in [-0.1, -0.05) is 39.7 Å². The number of hydrogen-bond donors (Lipinski definition) is 1. The normalized spacial score (nSPS) is 32.0. The molecule has 1 aliphatic heterocycles. The molecular weight excluding hydrogens is 258 g/mol. The van der Waals surface area contributed by atoms with E-state index < -0.39 is 0 Å². The van der Waals surface area contributed by atoms with E-state index in [4.69, 9.17) is 0 Å². The summed E-state index contributed by atoms with van der Waals surface area (Å²) < 4.78 is 0. The Labute approximate surface area is 129 Å². The van der Waals surface area contributed by atoms with Gasteiger partial charge in [-0.15, -0.1) is 0 Å². The molecule has 2 nitrogen and oxygen atoms in total. The van der Waals surface area contributed by atoms with Crippen LogP contribution in [-0.2, 0) is 11.8 Å². The maximum absolute atomic E-state index is 9.92. The average molecular weight is 287 g/mol. The topological polar surface area (TPSA) is 23.5 Å². The second-order valence-electron chi connectivity index (χ2n) is 7.18. The molecule has 21 heavy (non-hydrogen) atoms. The van der Waals surface area contributed by atoms with Crippen LogP contribution in [0.15, 0.2) is 18.2 Å². The minimum Gasteiger partial charge on any atom is -0.508 e. The highest BCUT2D eigenvalue weighted by molar-refractivity contribution is 5.44. The van der Waals surface area contributed by atoms with E-state index in [0.29, 0.717) is 11.8 Å². The third kappa shape index (κ3) is 2.38. The number of piperidine rings is 1. The number of unbranched alkanes of at least 4 members (excludes halogenated alkanes) is 1. The number of hydrogen-bond acceptors (Lipinski definition) is 2. The van der Waals surface area contributed by atoms with E-state index in [2.05, 4.69) is 31.7 Å². The van der Waals surface area contributed by atoms with Gasteiger partial charge in [-0.05, 0) is 66.9 Å². The zero-order valence-electron chi connectivity index (χ0n) is 13.7. The molecule has 1 fully saturated rings. The van der Waals surface area contributed by atoms with Crippen LogP contribution >= 0.6 is 0 Å². The molecule has 0 aromatic heterocycles. The predicted molar refractivity (Wildman–Crippen MR) is 87.8 cm³/mol. The Hall–Kier alpha value is -1.02. The Balaban J connectivity index is 1.98. The van der Waals surface area contributed by atoms with Crippen LogP contribution in [0.4, 0.5) is 0 Å². The standard InChI is InChI=1S/C19H29NO/c1-4-6-10-20-11-9-19(3)16(5-2)18(20)12-14-7-8-15(21)13-17(14)19/h7-8,13,16,18,21H,4-6,9-12H2,1-3H3/t16-,18+,19+/m0/s1. The molecule has 2 aliphatic rings. The van der Waals surface area contributed by atoms with Gasteiger partial charge >= 0.3 is 0 Å². The lowest BCUT2D eigenvalue weighted by molar-refractivity contribution is 0.0190. The molecule has 1 aliphatic carbocycles. The molecule has 3 atom stereocenters. The Bertz CT molecular complexity index is 512. The van der Waals surface area contributed by atoms with Crippen LogP contribution in [0.2, 0.25) is 0 Å². The molecule has 3 rings (SSSR count). The highest BCUT2D eigenvalue weighted by Gasteiger charge is 2.49. The van der Waals surface area contributed by atoms with Gasteiger partial charge in [0.2, 0.25) is 0 Å². The molecule has 0 unspecified atom stereocenters. The van der Waals surface area contributed by atoms with Crippen molar-refractivity contribution >= 4 is 0 Å². The number of nitrogens with zero attached hydrogens (tertiary/aromatic N) is 1. The van der Waals surface area contributed by atoms with E-state index in [9.17, 15) is 5.11 Å². The van der Waals surface area contributed by atoms with E-state index in [-0.39, 0.29) is 5.41 Å². The van der Waals surface area contributed by atoms with Crippen molar-refractivity contribution < 1.29 is 5.11 Å². The summed E-state index contributed by atoms with van der Waals surface area (Å²) in [5.74, 6) is 1.15. The molecule has 0 radical (unpaired) electrons. The lowest BCUT2D eigenvalue weighted by atomic mass is 9.57. The second kappa shape index (κ2) is 5.64. The third-order valence-corrected chi connectivity index (χ3v) is 6.05. The Morgan fingerprint density at radius 1 is 1.33 bits per heavy atom. The SMILES string of the molecule is CCCCN1CC[C@@]2(C)c3cc(O)ccc3C[C@@H]1[C@@H]2CC. The van der Waals surface area contributed by atoms with Gasteiger partial charge in [0.05, 0.1) is 0 Å². The van der Waals surface area contributed by atoms with Crippen molar-refractivity contribution in [1.82, 2.24) is 4.90 Å². The summed E-state index contributed by atoms with van der Waals surface area (Å²) in [6.07, 6.45) is 6.21. The van der Waals surface area contributed by atoms with Crippen molar-refractivity contribution in [2.75, 3.05) is 13.1 Å². The molecule has 1 aromatic carbocycles.